The van der Waals surface area contributed by atoms with E-state index in [1.165, 1.54) is 41.8 Å². The molecule has 0 spiro atoms. The smallest absolute Gasteiger partial charge is 0.164 e. The van der Waals surface area contributed by atoms with Gasteiger partial charge < -0.3 is 22.5 Å². The van der Waals surface area contributed by atoms with E-state index in [1.807, 2.05) is 187 Å². The molecule has 0 saturated heterocycles. The minimum Gasteiger partial charge on any atom is -0.454 e. The number of hydrogen-bond donors (Lipinski definition) is 0. The summed E-state index contributed by atoms with van der Waals surface area (Å²) in [5.74, 6) is 5.09. The highest BCUT2D eigenvalue weighted by Crippen LogP contribution is 2.47. The summed E-state index contributed by atoms with van der Waals surface area (Å²) in [6, 6.07) is 147. The van der Waals surface area contributed by atoms with Gasteiger partial charge in [-0.15, -0.1) is 11.3 Å². The number of nitrogens with zero attached hydrogens (tertiary/aromatic N) is 15. The Morgan fingerprint density at radius 2 is 0.500 bits per heavy atom. The molecule has 17 nitrogen and oxygen atoms in total. The van der Waals surface area contributed by atoms with Crippen LogP contribution in [-0.4, -0.2) is 58.6 Å². The molecule has 0 unspecified atom stereocenters. The number of para-hydroxylation sites is 5. The lowest BCUT2D eigenvalue weighted by molar-refractivity contribution is 0.670. The maximum Gasteiger partial charge on any atom is 0.164 e. The van der Waals surface area contributed by atoms with Crippen LogP contribution < -0.4 is 0 Å². The zero-order chi connectivity index (χ0) is 91.8. The maximum atomic E-state index is 9.49. The van der Waals surface area contributed by atoms with E-state index in [2.05, 4.69) is 238 Å². The first-order valence-corrected chi connectivity index (χ1v) is 45.9. The van der Waals surface area contributed by atoms with Crippen molar-refractivity contribution >= 4 is 141 Å². The fourth-order valence-corrected chi connectivity index (χ4v) is 20.2. The summed E-state index contributed by atoms with van der Waals surface area (Å²) in [5, 5.41) is 42.1. The highest BCUT2D eigenvalue weighted by molar-refractivity contribution is 7.26. The van der Waals surface area contributed by atoms with Crippen LogP contribution in [0.5, 0.6) is 0 Å². The molecule has 18 aromatic carbocycles. The van der Waals surface area contributed by atoms with Gasteiger partial charge in [0, 0.05) is 136 Å². The molecule has 642 valence electrons. The van der Waals surface area contributed by atoms with Crippen LogP contribution in [0.3, 0.4) is 0 Å². The summed E-state index contributed by atoms with van der Waals surface area (Å²) in [6.45, 7) is 0. The predicted octanol–water partition coefficient (Wildman–Crippen LogP) is 29.7. The monoisotopic (exact) mass is 1780 g/mol. The van der Waals surface area contributed by atoms with Crippen LogP contribution in [0.1, 0.15) is 16.7 Å². The molecule has 9 aromatic heterocycles. The Morgan fingerprint density at radius 1 is 0.203 bits per heavy atom. The van der Waals surface area contributed by atoms with Crippen molar-refractivity contribution in [3.8, 4) is 138 Å². The predicted molar refractivity (Wildman–Crippen MR) is 553 cm³/mol. The van der Waals surface area contributed by atoms with Gasteiger partial charge in [0.25, 0.3) is 0 Å². The van der Waals surface area contributed by atoms with Gasteiger partial charge in [0.05, 0.1) is 72.7 Å². The lowest BCUT2D eigenvalue weighted by Gasteiger charge is -2.12. The SMILES string of the molecule is N#Cc1ccc(-c2nc(-c3ccccc3)nc(-c3ccc(-n4c5ccccc5c5ccc6c7ccccc7oc6c54)cc3)n2)cc1.N#Cc1ccc(-c2nc(-c3ccccc3)nc(-c3cccc(-n4c5ccccc5c5ccc6c7ccccc7sc6c54)c3)n2)cc1.N#Cc1cccc(-c2nc(-c3ccccc3)nc(-c3ccc(-n4c5ccccc5c5ccc6c7ccccc7oc6c54)cc3)n2)c1. The molecule has 0 aliphatic heterocycles. The Morgan fingerprint density at radius 3 is 0.906 bits per heavy atom. The van der Waals surface area contributed by atoms with Crippen LogP contribution in [0.2, 0.25) is 0 Å². The Hall–Kier alpha value is -19.3. The first kappa shape index (κ1) is 80.7. The lowest BCUT2D eigenvalue weighted by atomic mass is 10.1. The molecular weight excluding hydrogens is 1720 g/mol. The molecule has 0 atom stereocenters. The van der Waals surface area contributed by atoms with Crippen molar-refractivity contribution in [2.45, 2.75) is 0 Å². The van der Waals surface area contributed by atoms with Crippen molar-refractivity contribution < 1.29 is 8.83 Å². The lowest BCUT2D eigenvalue weighted by Crippen LogP contribution is -2.01. The molecule has 0 aliphatic rings. The van der Waals surface area contributed by atoms with Gasteiger partial charge >= 0.3 is 0 Å². The number of aromatic nitrogens is 12. The molecular formula is C120H69N15O2S. The quantitative estimate of drug-likeness (QED) is 0.111. The molecule has 9 heterocycles. The minimum atomic E-state index is 0.514. The van der Waals surface area contributed by atoms with E-state index in [4.69, 9.17) is 53.7 Å². The number of rotatable bonds is 12. The summed E-state index contributed by atoms with van der Waals surface area (Å²) in [5.41, 5.74) is 22.6. The number of nitriles is 3. The summed E-state index contributed by atoms with van der Waals surface area (Å²) in [6.07, 6.45) is 0. The van der Waals surface area contributed by atoms with Gasteiger partial charge in [-0.1, -0.05) is 249 Å². The van der Waals surface area contributed by atoms with E-state index in [0.717, 1.165) is 155 Å². The molecule has 138 heavy (non-hydrogen) atoms. The molecule has 0 bridgehead atoms. The third-order valence-corrected chi connectivity index (χ3v) is 26.7. The van der Waals surface area contributed by atoms with E-state index < -0.39 is 0 Å². The number of thiophene rings is 1. The Balaban J connectivity index is 0.000000110. The molecule has 0 saturated carbocycles. The average Bonchev–Trinajstić information content (AvgIpc) is 1.57. The van der Waals surface area contributed by atoms with Gasteiger partial charge in [-0.3, -0.25) is 0 Å². The van der Waals surface area contributed by atoms with Gasteiger partial charge in [-0.2, -0.15) is 15.8 Å². The summed E-state index contributed by atoms with van der Waals surface area (Å²) < 4.78 is 22.5. The third kappa shape index (κ3) is 14.2. The zero-order valence-corrected chi connectivity index (χ0v) is 74.1. The van der Waals surface area contributed by atoms with Gasteiger partial charge in [0.2, 0.25) is 0 Å². The fraction of sp³-hybridized carbons (Fsp3) is 0. The van der Waals surface area contributed by atoms with Crippen molar-refractivity contribution in [2.24, 2.45) is 0 Å². The third-order valence-electron chi connectivity index (χ3n) is 25.5. The molecule has 27 rings (SSSR count). The molecule has 0 N–H and O–H groups in total. The molecule has 0 amide bonds. The van der Waals surface area contributed by atoms with E-state index >= 15 is 0 Å². The molecule has 0 fully saturated rings. The normalized spacial score (nSPS) is 11.5. The van der Waals surface area contributed by atoms with Crippen molar-refractivity contribution in [3.05, 3.63) is 435 Å². The van der Waals surface area contributed by atoms with Crippen molar-refractivity contribution in [3.63, 3.8) is 0 Å². The van der Waals surface area contributed by atoms with Crippen LogP contribution >= 0.6 is 11.3 Å². The van der Waals surface area contributed by atoms with Crippen LogP contribution in [0, 0.1) is 34.0 Å². The van der Waals surface area contributed by atoms with Crippen molar-refractivity contribution in [1.29, 1.82) is 15.8 Å². The van der Waals surface area contributed by atoms with E-state index in [-0.39, 0.29) is 0 Å². The van der Waals surface area contributed by atoms with Crippen LogP contribution in [-0.2, 0) is 0 Å². The number of furan rings is 2. The second-order valence-electron chi connectivity index (χ2n) is 33.6. The Kier molecular flexibility index (Phi) is 19.8. The molecule has 0 aliphatic carbocycles. The largest absolute Gasteiger partial charge is 0.454 e. The van der Waals surface area contributed by atoms with Gasteiger partial charge in [0.15, 0.2) is 63.6 Å². The Labute approximate surface area is 791 Å². The number of benzene rings is 18. The van der Waals surface area contributed by atoms with Crippen LogP contribution in [0.4, 0.5) is 0 Å². The van der Waals surface area contributed by atoms with Crippen molar-refractivity contribution in [1.82, 2.24) is 58.6 Å². The van der Waals surface area contributed by atoms with E-state index in [0.29, 0.717) is 69.1 Å². The second-order valence-corrected chi connectivity index (χ2v) is 34.7. The van der Waals surface area contributed by atoms with Crippen LogP contribution in [0.15, 0.2) is 427 Å². The highest BCUT2D eigenvalue weighted by atomic mass is 32.1. The Bertz CT molecular complexity index is 9690. The molecule has 0 radical (unpaired) electrons. The van der Waals surface area contributed by atoms with Crippen molar-refractivity contribution in [2.75, 3.05) is 0 Å². The van der Waals surface area contributed by atoms with Gasteiger partial charge in [-0.05, 0) is 170 Å². The topological polar surface area (TPSA) is 228 Å². The summed E-state index contributed by atoms with van der Waals surface area (Å²) >= 11 is 1.84. The maximum absolute atomic E-state index is 9.49. The summed E-state index contributed by atoms with van der Waals surface area (Å²) in [4.78, 5) is 44.0. The highest BCUT2D eigenvalue weighted by Gasteiger charge is 2.26. The molecule has 27 aromatic rings. The first-order chi connectivity index (χ1) is 68.2. The fourth-order valence-electron chi connectivity index (χ4n) is 19.0. The van der Waals surface area contributed by atoms with Gasteiger partial charge in [-0.25, -0.2) is 44.9 Å². The molecule has 18 heteroatoms. The van der Waals surface area contributed by atoms with E-state index in [9.17, 15) is 15.8 Å². The average molecular weight is 1790 g/mol. The zero-order valence-electron chi connectivity index (χ0n) is 73.3. The first-order valence-electron chi connectivity index (χ1n) is 45.0. The number of hydrogen-bond acceptors (Lipinski definition) is 15. The van der Waals surface area contributed by atoms with Gasteiger partial charge in [0.1, 0.15) is 11.2 Å². The standard InChI is InChI=1S/2C40H23N5O.C40H23N5S/c41-24-25-9-8-12-28(23-25)40-43-38(26-10-2-1-3-11-26)42-39(44-40)27-17-19-29(20-18-27)45-34-15-6-4-13-30(34)32-21-22-33-31-14-5-7-16-35(31)46-37(33)36(32)45;41-24-25-14-16-27(17-15-25)39-42-38(26-8-2-1-3-9-26)43-40(44-39)28-18-20-29(21-19-28)45-34-12-6-4-10-30(34)32-22-23-33-31-11-5-7-13-35(31)46-37(33)36(32)45;41-24-25-17-19-27(20-18-25)39-42-38(26-9-2-1-3-10-26)43-40(44-39)28-11-8-12-29(23-28)45-34-15-6-4-13-30(34)32-21-22-33-31-14-5-7-16-35(31)46-37(33)36(32)45/h3*1-23H. The number of fused-ring (bicyclic) bond motifs is 21. The minimum absolute atomic E-state index is 0.514. The van der Waals surface area contributed by atoms with E-state index in [1.54, 1.807) is 36.4 Å². The second kappa shape index (κ2) is 33.8. The van der Waals surface area contributed by atoms with Crippen LogP contribution in [0.25, 0.3) is 249 Å². The summed E-state index contributed by atoms with van der Waals surface area (Å²) in [7, 11) is 0.